The molecule has 0 bridgehead atoms. The SMILES string of the molecule is N#Cc1ccc(CNCCc2cccs2)s1. The van der Waals surface area contributed by atoms with Crippen molar-refractivity contribution in [2.45, 2.75) is 13.0 Å². The van der Waals surface area contributed by atoms with Crippen LogP contribution in [0.2, 0.25) is 0 Å². The first-order valence-corrected chi connectivity index (χ1v) is 6.80. The fraction of sp³-hybridized carbons (Fsp3) is 0.250. The van der Waals surface area contributed by atoms with Gasteiger partial charge in [0.1, 0.15) is 10.9 Å². The minimum Gasteiger partial charge on any atom is -0.311 e. The summed E-state index contributed by atoms with van der Waals surface area (Å²) in [6, 6.07) is 10.3. The summed E-state index contributed by atoms with van der Waals surface area (Å²) in [7, 11) is 0. The van der Waals surface area contributed by atoms with Crippen molar-refractivity contribution in [2.24, 2.45) is 0 Å². The summed E-state index contributed by atoms with van der Waals surface area (Å²) in [6.45, 7) is 1.85. The van der Waals surface area contributed by atoms with Gasteiger partial charge in [-0.3, -0.25) is 0 Å². The monoisotopic (exact) mass is 248 g/mol. The van der Waals surface area contributed by atoms with E-state index in [1.165, 1.54) is 9.75 Å². The maximum atomic E-state index is 8.69. The molecule has 0 aromatic carbocycles. The lowest BCUT2D eigenvalue weighted by Gasteiger charge is -2.00. The minimum atomic E-state index is 0.787. The summed E-state index contributed by atoms with van der Waals surface area (Å²) in [5.74, 6) is 0. The molecule has 0 saturated carbocycles. The van der Waals surface area contributed by atoms with Crippen molar-refractivity contribution in [2.75, 3.05) is 6.54 Å². The number of thiophene rings is 2. The van der Waals surface area contributed by atoms with Crippen molar-refractivity contribution in [1.82, 2.24) is 5.32 Å². The fourth-order valence-electron chi connectivity index (χ4n) is 1.41. The lowest BCUT2D eigenvalue weighted by molar-refractivity contribution is 0.697. The van der Waals surface area contributed by atoms with Crippen LogP contribution in [0.1, 0.15) is 14.6 Å². The van der Waals surface area contributed by atoms with Crippen LogP contribution in [0.25, 0.3) is 0 Å². The third-order valence-electron chi connectivity index (χ3n) is 2.20. The molecule has 0 fully saturated rings. The van der Waals surface area contributed by atoms with E-state index >= 15 is 0 Å². The first kappa shape index (κ1) is 11.3. The van der Waals surface area contributed by atoms with E-state index in [0.29, 0.717) is 0 Å². The van der Waals surface area contributed by atoms with Crippen molar-refractivity contribution >= 4 is 22.7 Å². The molecule has 0 aliphatic heterocycles. The number of hydrogen-bond acceptors (Lipinski definition) is 4. The molecule has 0 spiro atoms. The van der Waals surface area contributed by atoms with Gasteiger partial charge in [0.2, 0.25) is 0 Å². The van der Waals surface area contributed by atoms with Crippen molar-refractivity contribution < 1.29 is 0 Å². The number of nitrogens with one attached hydrogen (secondary N) is 1. The van der Waals surface area contributed by atoms with Gasteiger partial charge in [-0.2, -0.15) is 5.26 Å². The van der Waals surface area contributed by atoms with Gasteiger partial charge in [0.05, 0.1) is 0 Å². The second-order valence-electron chi connectivity index (χ2n) is 3.38. The van der Waals surface area contributed by atoms with Gasteiger partial charge in [-0.1, -0.05) is 6.07 Å². The van der Waals surface area contributed by atoms with E-state index in [1.54, 1.807) is 22.7 Å². The Balaban J connectivity index is 1.70. The standard InChI is InChI=1S/C12H12N2S2/c13-8-11-3-4-12(16-11)9-14-6-5-10-2-1-7-15-10/h1-4,7,14H,5-6,9H2. The molecule has 0 aliphatic rings. The molecule has 2 heterocycles. The number of nitriles is 1. The van der Waals surface area contributed by atoms with Crippen LogP contribution in [0.3, 0.4) is 0 Å². The van der Waals surface area contributed by atoms with E-state index in [4.69, 9.17) is 5.26 Å². The fourth-order valence-corrected chi connectivity index (χ4v) is 2.89. The van der Waals surface area contributed by atoms with Crippen molar-refractivity contribution in [1.29, 1.82) is 5.26 Å². The topological polar surface area (TPSA) is 35.8 Å². The average Bonchev–Trinajstić information content (AvgIpc) is 2.95. The summed E-state index contributed by atoms with van der Waals surface area (Å²) in [5, 5.41) is 14.2. The van der Waals surface area contributed by atoms with Crippen LogP contribution in [0, 0.1) is 11.3 Å². The predicted molar refractivity (Wildman–Crippen MR) is 68.8 cm³/mol. The molecule has 0 saturated heterocycles. The number of nitrogens with zero attached hydrogens (tertiary/aromatic N) is 1. The normalized spacial score (nSPS) is 10.2. The van der Waals surface area contributed by atoms with Gasteiger partial charge in [-0.15, -0.1) is 22.7 Å². The largest absolute Gasteiger partial charge is 0.311 e. The van der Waals surface area contributed by atoms with Crippen LogP contribution in [0.15, 0.2) is 29.6 Å². The van der Waals surface area contributed by atoms with Crippen molar-refractivity contribution in [3.8, 4) is 6.07 Å². The number of rotatable bonds is 5. The molecule has 0 radical (unpaired) electrons. The summed E-state index contributed by atoms with van der Waals surface area (Å²) in [5.41, 5.74) is 0. The molecule has 16 heavy (non-hydrogen) atoms. The number of hydrogen-bond donors (Lipinski definition) is 1. The molecular formula is C12H12N2S2. The second kappa shape index (κ2) is 5.80. The zero-order chi connectivity index (χ0) is 11.2. The van der Waals surface area contributed by atoms with Crippen molar-refractivity contribution in [3.05, 3.63) is 44.3 Å². The van der Waals surface area contributed by atoms with E-state index in [0.717, 1.165) is 24.4 Å². The highest BCUT2D eigenvalue weighted by molar-refractivity contribution is 7.12. The molecule has 82 valence electrons. The van der Waals surface area contributed by atoms with Crippen molar-refractivity contribution in [3.63, 3.8) is 0 Å². The van der Waals surface area contributed by atoms with Crippen LogP contribution in [0.4, 0.5) is 0 Å². The Hall–Kier alpha value is -1.15. The van der Waals surface area contributed by atoms with Crippen LogP contribution in [0.5, 0.6) is 0 Å². The highest BCUT2D eigenvalue weighted by atomic mass is 32.1. The van der Waals surface area contributed by atoms with Crippen LogP contribution in [-0.4, -0.2) is 6.54 Å². The third kappa shape index (κ3) is 3.17. The first-order valence-electron chi connectivity index (χ1n) is 5.10. The summed E-state index contributed by atoms with van der Waals surface area (Å²) in [4.78, 5) is 3.43. The average molecular weight is 248 g/mol. The Labute approximate surface area is 103 Å². The molecular weight excluding hydrogens is 236 g/mol. The Kier molecular flexibility index (Phi) is 4.11. The van der Waals surface area contributed by atoms with E-state index in [1.807, 2.05) is 12.1 Å². The van der Waals surface area contributed by atoms with E-state index < -0.39 is 0 Å². The summed E-state index contributed by atoms with van der Waals surface area (Å²) < 4.78 is 0. The van der Waals surface area contributed by atoms with E-state index in [-0.39, 0.29) is 0 Å². The van der Waals surface area contributed by atoms with Gasteiger partial charge in [0, 0.05) is 22.8 Å². The maximum Gasteiger partial charge on any atom is 0.110 e. The second-order valence-corrected chi connectivity index (χ2v) is 5.58. The molecule has 2 rings (SSSR count). The van der Waals surface area contributed by atoms with Gasteiger partial charge in [0.15, 0.2) is 0 Å². The van der Waals surface area contributed by atoms with Crippen LogP contribution < -0.4 is 5.32 Å². The smallest absolute Gasteiger partial charge is 0.110 e. The Morgan fingerprint density at radius 3 is 2.88 bits per heavy atom. The van der Waals surface area contributed by atoms with Gasteiger partial charge in [-0.05, 0) is 30.0 Å². The zero-order valence-corrected chi connectivity index (χ0v) is 10.4. The molecule has 0 unspecified atom stereocenters. The maximum absolute atomic E-state index is 8.69. The molecule has 1 N–H and O–H groups in total. The molecule has 0 atom stereocenters. The molecule has 0 amide bonds. The molecule has 2 aromatic rings. The Morgan fingerprint density at radius 2 is 2.19 bits per heavy atom. The highest BCUT2D eigenvalue weighted by Crippen LogP contribution is 2.14. The van der Waals surface area contributed by atoms with Gasteiger partial charge < -0.3 is 5.32 Å². The summed E-state index contributed by atoms with van der Waals surface area (Å²) in [6.07, 6.45) is 1.08. The van der Waals surface area contributed by atoms with Crippen LogP contribution >= 0.6 is 22.7 Å². The quantitative estimate of drug-likeness (QED) is 0.826. The molecule has 0 aliphatic carbocycles. The highest BCUT2D eigenvalue weighted by Gasteiger charge is 1.98. The third-order valence-corrected chi connectivity index (χ3v) is 4.13. The van der Waals surface area contributed by atoms with Crippen LogP contribution in [-0.2, 0) is 13.0 Å². The predicted octanol–water partition coefficient (Wildman–Crippen LogP) is 3.01. The summed E-state index contributed by atoms with van der Waals surface area (Å²) >= 11 is 3.36. The lowest BCUT2D eigenvalue weighted by atomic mass is 10.3. The Bertz CT molecular complexity index is 465. The Morgan fingerprint density at radius 1 is 1.25 bits per heavy atom. The van der Waals surface area contributed by atoms with E-state index in [9.17, 15) is 0 Å². The van der Waals surface area contributed by atoms with Gasteiger partial charge >= 0.3 is 0 Å². The molecule has 2 aromatic heterocycles. The van der Waals surface area contributed by atoms with E-state index in [2.05, 4.69) is 28.9 Å². The van der Waals surface area contributed by atoms with Gasteiger partial charge in [0.25, 0.3) is 0 Å². The lowest BCUT2D eigenvalue weighted by Crippen LogP contribution is -2.15. The molecule has 2 nitrogen and oxygen atoms in total. The first-order chi connectivity index (χ1) is 7.88. The minimum absolute atomic E-state index is 0.787. The van der Waals surface area contributed by atoms with Gasteiger partial charge in [-0.25, -0.2) is 0 Å². The molecule has 4 heteroatoms. The zero-order valence-electron chi connectivity index (χ0n) is 8.77.